The van der Waals surface area contributed by atoms with E-state index < -0.39 is 0 Å². The van der Waals surface area contributed by atoms with Crippen molar-refractivity contribution in [2.75, 3.05) is 18.0 Å². The summed E-state index contributed by atoms with van der Waals surface area (Å²) < 4.78 is 0. The first-order chi connectivity index (χ1) is 8.30. The fraction of sp³-hybridized carbons (Fsp3) is 0.357. The van der Waals surface area contributed by atoms with Crippen LogP contribution in [0.3, 0.4) is 0 Å². The van der Waals surface area contributed by atoms with Crippen LogP contribution in [0.5, 0.6) is 0 Å². The maximum Gasteiger partial charge on any atom is 0.136 e. The largest absolute Gasteiger partial charge is 0.357 e. The second-order valence-corrected chi connectivity index (χ2v) is 4.07. The van der Waals surface area contributed by atoms with Gasteiger partial charge in [0.1, 0.15) is 5.82 Å². The molecular weight excluding hydrogens is 210 g/mol. The van der Waals surface area contributed by atoms with Crippen molar-refractivity contribution >= 4 is 16.6 Å². The third kappa shape index (κ3) is 2.24. The van der Waals surface area contributed by atoms with E-state index in [1.54, 1.807) is 0 Å². The van der Waals surface area contributed by atoms with Gasteiger partial charge in [-0.2, -0.15) is 0 Å². The van der Waals surface area contributed by atoms with Crippen LogP contribution in [0.15, 0.2) is 30.5 Å². The highest BCUT2D eigenvalue weighted by Crippen LogP contribution is 2.25. The number of rotatable bonds is 4. The fourth-order valence-corrected chi connectivity index (χ4v) is 2.11. The first-order valence-corrected chi connectivity index (χ1v) is 6.12. The van der Waals surface area contributed by atoms with E-state index in [4.69, 9.17) is 5.73 Å². The Kier molecular flexibility index (Phi) is 3.59. The van der Waals surface area contributed by atoms with Crippen LogP contribution >= 0.6 is 0 Å². The molecule has 0 amide bonds. The van der Waals surface area contributed by atoms with Crippen LogP contribution in [-0.2, 0) is 6.54 Å². The molecule has 0 spiro atoms. The molecule has 1 aromatic carbocycles. The molecule has 0 radical (unpaired) electrons. The van der Waals surface area contributed by atoms with E-state index in [0.29, 0.717) is 6.54 Å². The number of hydrogen-bond acceptors (Lipinski definition) is 3. The van der Waals surface area contributed by atoms with Crippen LogP contribution in [0.25, 0.3) is 10.8 Å². The summed E-state index contributed by atoms with van der Waals surface area (Å²) in [5.74, 6) is 1.07. The van der Waals surface area contributed by atoms with E-state index in [2.05, 4.69) is 41.9 Å². The maximum atomic E-state index is 5.67. The first kappa shape index (κ1) is 11.9. The number of aromatic nitrogens is 1. The molecule has 17 heavy (non-hydrogen) atoms. The predicted octanol–water partition coefficient (Wildman–Crippen LogP) is 2.54. The number of hydrogen-bond donors (Lipinski definition) is 1. The van der Waals surface area contributed by atoms with Crippen LogP contribution in [0.1, 0.15) is 19.4 Å². The Morgan fingerprint density at radius 3 is 2.59 bits per heavy atom. The Hall–Kier alpha value is -1.61. The van der Waals surface area contributed by atoms with E-state index in [1.165, 1.54) is 10.8 Å². The Labute approximate surface area is 102 Å². The molecule has 2 N–H and O–H groups in total. The minimum Gasteiger partial charge on any atom is -0.357 e. The Morgan fingerprint density at radius 1 is 1.18 bits per heavy atom. The number of nitrogens with two attached hydrogens (primary N) is 1. The van der Waals surface area contributed by atoms with Gasteiger partial charge in [-0.1, -0.05) is 12.1 Å². The molecule has 0 saturated carbocycles. The highest BCUT2D eigenvalue weighted by Gasteiger charge is 2.08. The van der Waals surface area contributed by atoms with Gasteiger partial charge in [0.05, 0.1) is 0 Å². The summed E-state index contributed by atoms with van der Waals surface area (Å²) in [4.78, 5) is 6.77. The zero-order chi connectivity index (χ0) is 12.3. The lowest BCUT2D eigenvalue weighted by Crippen LogP contribution is -2.23. The SMILES string of the molecule is CCN(CC)c1nccc2cc(CN)ccc12. The van der Waals surface area contributed by atoms with E-state index >= 15 is 0 Å². The van der Waals surface area contributed by atoms with Crippen molar-refractivity contribution < 1.29 is 0 Å². The van der Waals surface area contributed by atoms with Crippen molar-refractivity contribution in [1.82, 2.24) is 4.98 Å². The molecule has 2 aromatic rings. The van der Waals surface area contributed by atoms with Gasteiger partial charge in [-0.05, 0) is 36.9 Å². The molecule has 0 saturated heterocycles. The average molecular weight is 229 g/mol. The van der Waals surface area contributed by atoms with Crippen LogP contribution in [-0.4, -0.2) is 18.1 Å². The highest BCUT2D eigenvalue weighted by atomic mass is 15.2. The zero-order valence-electron chi connectivity index (χ0n) is 10.5. The summed E-state index contributed by atoms with van der Waals surface area (Å²) in [5, 5.41) is 2.42. The molecule has 0 fully saturated rings. The summed E-state index contributed by atoms with van der Waals surface area (Å²) in [5.41, 5.74) is 6.83. The summed E-state index contributed by atoms with van der Waals surface area (Å²) in [7, 11) is 0. The van der Waals surface area contributed by atoms with Gasteiger partial charge >= 0.3 is 0 Å². The molecule has 0 bridgehead atoms. The molecule has 90 valence electrons. The Morgan fingerprint density at radius 2 is 1.94 bits per heavy atom. The molecule has 1 heterocycles. The van der Waals surface area contributed by atoms with Gasteiger partial charge in [-0.15, -0.1) is 0 Å². The summed E-state index contributed by atoms with van der Waals surface area (Å²) in [6, 6.07) is 8.39. The van der Waals surface area contributed by atoms with E-state index in [1.807, 2.05) is 12.3 Å². The molecule has 0 atom stereocenters. The minimum atomic E-state index is 0.582. The fourth-order valence-electron chi connectivity index (χ4n) is 2.11. The van der Waals surface area contributed by atoms with E-state index in [-0.39, 0.29) is 0 Å². The topological polar surface area (TPSA) is 42.2 Å². The summed E-state index contributed by atoms with van der Waals surface area (Å²) in [6.07, 6.45) is 1.87. The standard InChI is InChI=1S/C14H19N3/c1-3-17(4-2)14-13-6-5-11(10-15)9-12(13)7-8-16-14/h5-9H,3-4,10,15H2,1-2H3. The Balaban J connectivity index is 2.57. The third-order valence-electron chi connectivity index (χ3n) is 3.11. The van der Waals surface area contributed by atoms with E-state index in [0.717, 1.165) is 24.5 Å². The second-order valence-electron chi connectivity index (χ2n) is 4.07. The summed E-state index contributed by atoms with van der Waals surface area (Å²) in [6.45, 7) is 6.83. The lowest BCUT2D eigenvalue weighted by molar-refractivity contribution is 0.851. The zero-order valence-corrected chi connectivity index (χ0v) is 10.5. The average Bonchev–Trinajstić information content (AvgIpc) is 2.39. The lowest BCUT2D eigenvalue weighted by Gasteiger charge is -2.21. The predicted molar refractivity (Wildman–Crippen MR) is 73.2 cm³/mol. The van der Waals surface area contributed by atoms with Gasteiger partial charge in [-0.3, -0.25) is 0 Å². The number of anilines is 1. The van der Waals surface area contributed by atoms with Gasteiger partial charge in [0.25, 0.3) is 0 Å². The Bertz CT molecular complexity index is 504. The second kappa shape index (κ2) is 5.15. The third-order valence-corrected chi connectivity index (χ3v) is 3.11. The van der Waals surface area contributed by atoms with Gasteiger partial charge < -0.3 is 10.6 Å². The molecule has 0 unspecified atom stereocenters. The molecule has 3 heteroatoms. The maximum absolute atomic E-state index is 5.67. The number of nitrogens with zero attached hydrogens (tertiary/aromatic N) is 2. The number of benzene rings is 1. The first-order valence-electron chi connectivity index (χ1n) is 6.12. The highest BCUT2D eigenvalue weighted by molar-refractivity contribution is 5.92. The summed E-state index contributed by atoms with van der Waals surface area (Å²) >= 11 is 0. The normalized spacial score (nSPS) is 10.8. The molecule has 0 aliphatic carbocycles. The molecule has 0 aliphatic rings. The molecule has 0 aliphatic heterocycles. The van der Waals surface area contributed by atoms with Gasteiger partial charge in [-0.25, -0.2) is 4.98 Å². The van der Waals surface area contributed by atoms with Crippen LogP contribution in [0.2, 0.25) is 0 Å². The van der Waals surface area contributed by atoms with Crippen molar-refractivity contribution in [3.8, 4) is 0 Å². The van der Waals surface area contributed by atoms with Crippen molar-refractivity contribution in [1.29, 1.82) is 0 Å². The van der Waals surface area contributed by atoms with Gasteiger partial charge in [0, 0.05) is 31.2 Å². The smallest absolute Gasteiger partial charge is 0.136 e. The quantitative estimate of drug-likeness (QED) is 0.876. The van der Waals surface area contributed by atoms with Crippen LogP contribution in [0.4, 0.5) is 5.82 Å². The number of pyridine rings is 1. The van der Waals surface area contributed by atoms with Gasteiger partial charge in [0.2, 0.25) is 0 Å². The lowest BCUT2D eigenvalue weighted by atomic mass is 10.1. The van der Waals surface area contributed by atoms with E-state index in [9.17, 15) is 0 Å². The van der Waals surface area contributed by atoms with Crippen molar-refractivity contribution in [2.45, 2.75) is 20.4 Å². The van der Waals surface area contributed by atoms with Gasteiger partial charge in [0.15, 0.2) is 0 Å². The monoisotopic (exact) mass is 229 g/mol. The minimum absolute atomic E-state index is 0.582. The molecule has 3 nitrogen and oxygen atoms in total. The van der Waals surface area contributed by atoms with Crippen LogP contribution in [0, 0.1) is 0 Å². The number of fused-ring (bicyclic) bond motifs is 1. The molecule has 2 rings (SSSR count). The molecular formula is C14H19N3. The van der Waals surface area contributed by atoms with Crippen molar-refractivity contribution in [3.63, 3.8) is 0 Å². The van der Waals surface area contributed by atoms with Crippen molar-refractivity contribution in [2.24, 2.45) is 5.73 Å². The van der Waals surface area contributed by atoms with Crippen molar-refractivity contribution in [3.05, 3.63) is 36.0 Å². The molecule has 1 aromatic heterocycles. The van der Waals surface area contributed by atoms with Crippen LogP contribution < -0.4 is 10.6 Å².